The predicted octanol–water partition coefficient (Wildman–Crippen LogP) is 3.83. The molecule has 0 saturated heterocycles. The molecule has 0 aromatic carbocycles. The van der Waals surface area contributed by atoms with Gasteiger partial charge < -0.3 is 5.32 Å². The Morgan fingerprint density at radius 3 is 2.44 bits per heavy atom. The monoisotopic (exact) mass is 241 g/mol. The highest BCUT2D eigenvalue weighted by atomic mass is 32.2. The van der Waals surface area contributed by atoms with E-state index in [9.17, 15) is 0 Å². The van der Waals surface area contributed by atoms with Gasteiger partial charge in [-0.3, -0.25) is 0 Å². The van der Waals surface area contributed by atoms with Crippen LogP contribution in [0.2, 0.25) is 0 Å². The zero-order valence-electron chi connectivity index (χ0n) is 10.9. The Hall–Kier alpha value is 0.310. The van der Waals surface area contributed by atoms with E-state index in [4.69, 9.17) is 0 Å². The lowest BCUT2D eigenvalue weighted by Gasteiger charge is -2.35. The third-order valence-corrected chi connectivity index (χ3v) is 5.70. The molecule has 2 aliphatic carbocycles. The van der Waals surface area contributed by atoms with E-state index < -0.39 is 0 Å². The van der Waals surface area contributed by atoms with E-state index >= 15 is 0 Å². The summed E-state index contributed by atoms with van der Waals surface area (Å²) in [6.45, 7) is 4.73. The smallest absolute Gasteiger partial charge is 0.0201 e. The van der Waals surface area contributed by atoms with E-state index in [0.29, 0.717) is 0 Å². The number of hydrogen-bond donors (Lipinski definition) is 1. The summed E-state index contributed by atoms with van der Waals surface area (Å²) in [5.41, 5.74) is 0. The summed E-state index contributed by atoms with van der Waals surface area (Å²) in [6.07, 6.45) is 10.1. The van der Waals surface area contributed by atoms with Gasteiger partial charge in [-0.05, 0) is 37.4 Å². The summed E-state index contributed by atoms with van der Waals surface area (Å²) in [4.78, 5) is 0. The highest BCUT2D eigenvalue weighted by Gasteiger charge is 2.30. The van der Waals surface area contributed by atoms with Crippen molar-refractivity contribution in [3.8, 4) is 0 Å². The van der Waals surface area contributed by atoms with Crippen molar-refractivity contribution < 1.29 is 0 Å². The van der Waals surface area contributed by atoms with Crippen molar-refractivity contribution in [2.75, 3.05) is 5.75 Å². The summed E-state index contributed by atoms with van der Waals surface area (Å²) in [6, 6.07) is 1.63. The summed E-state index contributed by atoms with van der Waals surface area (Å²) in [5, 5.41) is 4.88. The van der Waals surface area contributed by atoms with Gasteiger partial charge in [-0.1, -0.05) is 33.1 Å². The quantitative estimate of drug-likeness (QED) is 0.803. The van der Waals surface area contributed by atoms with Gasteiger partial charge in [-0.2, -0.15) is 11.8 Å². The topological polar surface area (TPSA) is 12.0 Å². The summed E-state index contributed by atoms with van der Waals surface area (Å²) in [5.74, 6) is 2.19. The minimum Gasteiger partial charge on any atom is -0.310 e. The second-order valence-electron chi connectivity index (χ2n) is 5.57. The van der Waals surface area contributed by atoms with Crippen LogP contribution < -0.4 is 5.32 Å². The summed E-state index contributed by atoms with van der Waals surface area (Å²) < 4.78 is 0. The first-order valence-electron chi connectivity index (χ1n) is 7.19. The van der Waals surface area contributed by atoms with Crippen LogP contribution in [-0.2, 0) is 0 Å². The second-order valence-corrected chi connectivity index (χ2v) is 7.08. The van der Waals surface area contributed by atoms with E-state index in [1.807, 2.05) is 0 Å². The molecule has 0 amide bonds. The molecule has 2 aliphatic rings. The van der Waals surface area contributed by atoms with Crippen molar-refractivity contribution >= 4 is 11.8 Å². The number of rotatable bonds is 4. The molecular weight excluding hydrogens is 214 g/mol. The van der Waals surface area contributed by atoms with Crippen molar-refractivity contribution in [2.24, 2.45) is 5.92 Å². The summed E-state index contributed by atoms with van der Waals surface area (Å²) >= 11 is 2.18. The summed E-state index contributed by atoms with van der Waals surface area (Å²) in [7, 11) is 0. The molecule has 16 heavy (non-hydrogen) atoms. The first-order chi connectivity index (χ1) is 7.81. The number of thioether (sulfide) groups is 1. The molecule has 2 rings (SSSR count). The SMILES string of the molecule is CCSC1CCCCC1NC1CCCC1C. The van der Waals surface area contributed by atoms with Gasteiger partial charge in [0, 0.05) is 17.3 Å². The van der Waals surface area contributed by atoms with E-state index in [1.54, 1.807) is 0 Å². The normalized spacial score (nSPS) is 40.1. The van der Waals surface area contributed by atoms with Gasteiger partial charge in [0.25, 0.3) is 0 Å². The van der Waals surface area contributed by atoms with Gasteiger partial charge >= 0.3 is 0 Å². The van der Waals surface area contributed by atoms with E-state index in [0.717, 1.165) is 23.3 Å². The van der Waals surface area contributed by atoms with Crippen LogP contribution in [0.5, 0.6) is 0 Å². The molecule has 0 radical (unpaired) electrons. The van der Waals surface area contributed by atoms with Gasteiger partial charge in [-0.25, -0.2) is 0 Å². The lowest BCUT2D eigenvalue weighted by Crippen LogP contribution is -2.46. The molecule has 2 heteroatoms. The van der Waals surface area contributed by atoms with Crippen LogP contribution in [0.1, 0.15) is 58.8 Å². The average molecular weight is 241 g/mol. The van der Waals surface area contributed by atoms with Gasteiger partial charge in [0.05, 0.1) is 0 Å². The molecule has 0 spiro atoms. The van der Waals surface area contributed by atoms with Gasteiger partial charge in [-0.15, -0.1) is 0 Å². The Balaban J connectivity index is 1.85. The van der Waals surface area contributed by atoms with Crippen LogP contribution in [0.3, 0.4) is 0 Å². The van der Waals surface area contributed by atoms with Crippen molar-refractivity contribution in [3.05, 3.63) is 0 Å². The fourth-order valence-corrected chi connectivity index (χ4v) is 4.58. The fraction of sp³-hybridized carbons (Fsp3) is 1.00. The third kappa shape index (κ3) is 3.16. The molecule has 0 aliphatic heterocycles. The number of hydrogen-bond acceptors (Lipinski definition) is 2. The highest BCUT2D eigenvalue weighted by molar-refractivity contribution is 7.99. The molecule has 2 fully saturated rings. The molecule has 0 aromatic rings. The maximum Gasteiger partial charge on any atom is 0.0201 e. The average Bonchev–Trinajstić information content (AvgIpc) is 2.68. The molecule has 1 nitrogen and oxygen atoms in total. The minimum atomic E-state index is 0.809. The Bertz CT molecular complexity index is 205. The van der Waals surface area contributed by atoms with Crippen LogP contribution in [0.15, 0.2) is 0 Å². The van der Waals surface area contributed by atoms with E-state index in [1.165, 1.54) is 50.7 Å². The van der Waals surface area contributed by atoms with Crippen LogP contribution >= 0.6 is 11.8 Å². The lowest BCUT2D eigenvalue weighted by atomic mass is 9.93. The van der Waals surface area contributed by atoms with E-state index in [2.05, 4.69) is 30.9 Å². The maximum absolute atomic E-state index is 3.98. The molecular formula is C14H27NS. The largest absolute Gasteiger partial charge is 0.310 e. The van der Waals surface area contributed by atoms with Gasteiger partial charge in [0.15, 0.2) is 0 Å². The highest BCUT2D eigenvalue weighted by Crippen LogP contribution is 2.32. The first-order valence-corrected chi connectivity index (χ1v) is 8.23. The molecule has 1 N–H and O–H groups in total. The first kappa shape index (κ1) is 12.8. The minimum absolute atomic E-state index is 0.809. The zero-order chi connectivity index (χ0) is 11.4. The van der Waals surface area contributed by atoms with Gasteiger partial charge in [0.2, 0.25) is 0 Å². The number of nitrogens with one attached hydrogen (secondary N) is 1. The standard InChI is InChI=1S/C14H27NS/c1-3-16-14-10-5-4-8-13(14)15-12-9-6-7-11(12)2/h11-15H,3-10H2,1-2H3. The van der Waals surface area contributed by atoms with E-state index in [-0.39, 0.29) is 0 Å². The fourth-order valence-electron chi connectivity index (χ4n) is 3.37. The Morgan fingerprint density at radius 1 is 1.00 bits per heavy atom. The van der Waals surface area contributed by atoms with Crippen LogP contribution in [0.4, 0.5) is 0 Å². The maximum atomic E-state index is 3.98. The molecule has 2 saturated carbocycles. The molecule has 0 aromatic heterocycles. The molecule has 0 bridgehead atoms. The third-order valence-electron chi connectivity index (χ3n) is 4.37. The Labute approximate surface area is 105 Å². The molecule has 0 heterocycles. The Morgan fingerprint density at radius 2 is 1.75 bits per heavy atom. The molecule has 4 unspecified atom stereocenters. The molecule has 4 atom stereocenters. The second kappa shape index (κ2) is 6.30. The van der Waals surface area contributed by atoms with Crippen molar-refractivity contribution in [1.29, 1.82) is 0 Å². The van der Waals surface area contributed by atoms with Crippen molar-refractivity contribution in [3.63, 3.8) is 0 Å². The molecule has 94 valence electrons. The predicted molar refractivity (Wildman–Crippen MR) is 74.1 cm³/mol. The van der Waals surface area contributed by atoms with Crippen LogP contribution in [0.25, 0.3) is 0 Å². The van der Waals surface area contributed by atoms with Crippen LogP contribution in [-0.4, -0.2) is 23.1 Å². The lowest BCUT2D eigenvalue weighted by molar-refractivity contribution is 0.315. The zero-order valence-corrected chi connectivity index (χ0v) is 11.7. The van der Waals surface area contributed by atoms with Crippen LogP contribution in [0, 0.1) is 5.92 Å². The van der Waals surface area contributed by atoms with Gasteiger partial charge in [0.1, 0.15) is 0 Å². The van der Waals surface area contributed by atoms with Crippen molar-refractivity contribution in [1.82, 2.24) is 5.32 Å². The van der Waals surface area contributed by atoms with Crippen molar-refractivity contribution in [2.45, 2.75) is 76.1 Å². The Kier molecular flexibility index (Phi) is 5.02.